The fourth-order valence-electron chi connectivity index (χ4n) is 1.79. The summed E-state index contributed by atoms with van der Waals surface area (Å²) >= 11 is 3.45. The molecule has 1 saturated heterocycles. The molecule has 5 nitrogen and oxygen atoms in total. The molecule has 0 unspecified atom stereocenters. The summed E-state index contributed by atoms with van der Waals surface area (Å²) in [6.45, 7) is 2.12. The second kappa shape index (κ2) is 6.02. The van der Waals surface area contributed by atoms with Gasteiger partial charge in [-0.15, -0.1) is 0 Å². The molecule has 2 aromatic rings. The number of halogens is 4. The molecule has 21 heavy (non-hydrogen) atoms. The summed E-state index contributed by atoms with van der Waals surface area (Å²) in [5.74, 6) is -2.16. The Bertz CT molecular complexity index is 653. The van der Waals surface area contributed by atoms with E-state index in [-0.39, 0.29) is 0 Å². The zero-order valence-corrected chi connectivity index (χ0v) is 12.1. The SMILES string of the molecule is Brc1ccc2c(C3CNC3)ncn2c1.O=C(O)C(F)(F)F. The summed E-state index contributed by atoms with van der Waals surface area (Å²) in [5, 5.41) is 10.4. The fourth-order valence-corrected chi connectivity index (χ4v) is 2.14. The van der Waals surface area contributed by atoms with E-state index in [1.807, 2.05) is 12.5 Å². The van der Waals surface area contributed by atoms with Gasteiger partial charge >= 0.3 is 12.1 Å². The van der Waals surface area contributed by atoms with Gasteiger partial charge < -0.3 is 14.8 Å². The molecule has 0 saturated carbocycles. The summed E-state index contributed by atoms with van der Waals surface area (Å²) < 4.78 is 34.9. The molecule has 0 spiro atoms. The third-order valence-electron chi connectivity index (χ3n) is 2.94. The Hall–Kier alpha value is -1.61. The normalized spacial score (nSPS) is 15.2. The molecular formula is C12H11BrF3N3O2. The van der Waals surface area contributed by atoms with Crippen LogP contribution in [-0.2, 0) is 4.79 Å². The van der Waals surface area contributed by atoms with Crippen LogP contribution < -0.4 is 5.32 Å². The third kappa shape index (κ3) is 3.73. The lowest BCUT2D eigenvalue weighted by atomic mass is 9.98. The number of nitrogens with one attached hydrogen (secondary N) is 1. The molecule has 0 atom stereocenters. The van der Waals surface area contributed by atoms with E-state index in [4.69, 9.17) is 9.90 Å². The molecule has 3 heterocycles. The molecular weight excluding hydrogens is 355 g/mol. The molecule has 0 radical (unpaired) electrons. The number of aromatic nitrogens is 2. The Labute approximate surface area is 125 Å². The molecule has 1 fully saturated rings. The molecule has 0 amide bonds. The van der Waals surface area contributed by atoms with Gasteiger partial charge in [-0.2, -0.15) is 13.2 Å². The summed E-state index contributed by atoms with van der Waals surface area (Å²) in [6.07, 6.45) is -1.16. The molecule has 114 valence electrons. The Morgan fingerprint density at radius 3 is 2.52 bits per heavy atom. The second-order valence-corrected chi connectivity index (χ2v) is 5.34. The smallest absolute Gasteiger partial charge is 0.475 e. The van der Waals surface area contributed by atoms with Gasteiger partial charge in [-0.3, -0.25) is 0 Å². The van der Waals surface area contributed by atoms with Gasteiger partial charge in [0.2, 0.25) is 0 Å². The second-order valence-electron chi connectivity index (χ2n) is 4.43. The average Bonchev–Trinajstić information content (AvgIpc) is 2.69. The van der Waals surface area contributed by atoms with Crippen molar-refractivity contribution in [3.63, 3.8) is 0 Å². The number of nitrogens with zero attached hydrogens (tertiary/aromatic N) is 2. The standard InChI is InChI=1S/C10H10BrN3.C2HF3O2/c11-8-1-2-9-10(7-3-12-4-7)13-6-14(9)5-8;3-2(4,5)1(6)7/h1-2,5-7,12H,3-4H2;(H,6,7). The van der Waals surface area contributed by atoms with Gasteiger partial charge in [0, 0.05) is 29.7 Å². The van der Waals surface area contributed by atoms with Crippen molar-refractivity contribution in [1.82, 2.24) is 14.7 Å². The molecule has 0 aromatic carbocycles. The quantitative estimate of drug-likeness (QED) is 0.814. The van der Waals surface area contributed by atoms with Crippen molar-refractivity contribution in [2.24, 2.45) is 0 Å². The first-order chi connectivity index (χ1) is 9.79. The fraction of sp³-hybridized carbons (Fsp3) is 0.333. The van der Waals surface area contributed by atoms with E-state index in [0.29, 0.717) is 5.92 Å². The Balaban J connectivity index is 0.000000199. The van der Waals surface area contributed by atoms with E-state index in [1.165, 1.54) is 11.2 Å². The van der Waals surface area contributed by atoms with Gasteiger partial charge in [0.1, 0.15) is 0 Å². The maximum atomic E-state index is 10.6. The highest BCUT2D eigenvalue weighted by molar-refractivity contribution is 9.10. The number of fused-ring (bicyclic) bond motifs is 1. The number of carbonyl (C=O) groups is 1. The number of aliphatic carboxylic acids is 1. The minimum atomic E-state index is -5.08. The lowest BCUT2D eigenvalue weighted by Crippen LogP contribution is -2.40. The molecule has 1 aliphatic heterocycles. The Morgan fingerprint density at radius 1 is 1.43 bits per heavy atom. The van der Waals surface area contributed by atoms with Crippen LogP contribution in [0.15, 0.2) is 29.1 Å². The number of alkyl halides is 3. The number of imidazole rings is 1. The highest BCUT2D eigenvalue weighted by Crippen LogP contribution is 2.24. The predicted molar refractivity (Wildman–Crippen MR) is 72.2 cm³/mol. The van der Waals surface area contributed by atoms with E-state index in [9.17, 15) is 13.2 Å². The van der Waals surface area contributed by atoms with Crippen LogP contribution in [-0.4, -0.2) is 39.7 Å². The summed E-state index contributed by atoms with van der Waals surface area (Å²) in [6, 6.07) is 4.18. The molecule has 2 aromatic heterocycles. The molecule has 1 aliphatic rings. The number of rotatable bonds is 1. The van der Waals surface area contributed by atoms with Gasteiger partial charge in [0.05, 0.1) is 17.5 Å². The van der Waals surface area contributed by atoms with Crippen molar-refractivity contribution in [2.75, 3.05) is 13.1 Å². The lowest BCUT2D eigenvalue weighted by molar-refractivity contribution is -0.192. The van der Waals surface area contributed by atoms with Gasteiger partial charge in [0.15, 0.2) is 0 Å². The first-order valence-corrected chi connectivity index (χ1v) is 6.71. The summed E-state index contributed by atoms with van der Waals surface area (Å²) in [5.41, 5.74) is 2.44. The van der Waals surface area contributed by atoms with Crippen LogP contribution in [0.5, 0.6) is 0 Å². The number of hydrogen-bond donors (Lipinski definition) is 2. The van der Waals surface area contributed by atoms with Crippen LogP contribution in [0.2, 0.25) is 0 Å². The number of hydrogen-bond acceptors (Lipinski definition) is 3. The maximum absolute atomic E-state index is 10.6. The molecule has 0 bridgehead atoms. The van der Waals surface area contributed by atoms with Crippen LogP contribution in [0.1, 0.15) is 11.6 Å². The van der Waals surface area contributed by atoms with Crippen LogP contribution in [0, 0.1) is 0 Å². The van der Waals surface area contributed by atoms with Crippen LogP contribution in [0.3, 0.4) is 0 Å². The summed E-state index contributed by atoms with van der Waals surface area (Å²) in [7, 11) is 0. The molecule has 2 N–H and O–H groups in total. The average molecular weight is 366 g/mol. The Morgan fingerprint density at radius 2 is 2.05 bits per heavy atom. The highest BCUT2D eigenvalue weighted by atomic mass is 79.9. The van der Waals surface area contributed by atoms with Crippen LogP contribution in [0.25, 0.3) is 5.52 Å². The van der Waals surface area contributed by atoms with Crippen LogP contribution in [0.4, 0.5) is 13.2 Å². The monoisotopic (exact) mass is 365 g/mol. The topological polar surface area (TPSA) is 66.6 Å². The van der Waals surface area contributed by atoms with E-state index < -0.39 is 12.1 Å². The van der Waals surface area contributed by atoms with E-state index in [2.05, 4.69) is 42.8 Å². The van der Waals surface area contributed by atoms with Gasteiger partial charge in [0.25, 0.3) is 0 Å². The highest BCUT2D eigenvalue weighted by Gasteiger charge is 2.38. The van der Waals surface area contributed by atoms with Crippen molar-refractivity contribution in [1.29, 1.82) is 0 Å². The summed E-state index contributed by atoms with van der Waals surface area (Å²) in [4.78, 5) is 13.4. The molecule has 9 heteroatoms. The van der Waals surface area contributed by atoms with Crippen molar-refractivity contribution in [3.05, 3.63) is 34.8 Å². The largest absolute Gasteiger partial charge is 0.490 e. The van der Waals surface area contributed by atoms with E-state index >= 15 is 0 Å². The number of carboxylic acids is 1. The number of carboxylic acid groups (broad SMARTS) is 1. The predicted octanol–water partition coefficient (Wildman–Crippen LogP) is 2.42. The van der Waals surface area contributed by atoms with Gasteiger partial charge in [-0.1, -0.05) is 0 Å². The van der Waals surface area contributed by atoms with Crippen molar-refractivity contribution < 1.29 is 23.1 Å². The van der Waals surface area contributed by atoms with Gasteiger partial charge in [-0.25, -0.2) is 9.78 Å². The lowest BCUT2D eigenvalue weighted by Gasteiger charge is -2.25. The third-order valence-corrected chi connectivity index (χ3v) is 3.40. The van der Waals surface area contributed by atoms with E-state index in [0.717, 1.165) is 17.6 Å². The van der Waals surface area contributed by atoms with Gasteiger partial charge in [-0.05, 0) is 28.1 Å². The van der Waals surface area contributed by atoms with Crippen molar-refractivity contribution in [3.8, 4) is 0 Å². The maximum Gasteiger partial charge on any atom is 0.490 e. The van der Waals surface area contributed by atoms with Crippen molar-refractivity contribution >= 4 is 27.4 Å². The minimum absolute atomic E-state index is 0.598. The van der Waals surface area contributed by atoms with E-state index in [1.54, 1.807) is 0 Å². The zero-order valence-electron chi connectivity index (χ0n) is 10.6. The Kier molecular flexibility index (Phi) is 4.52. The first kappa shape index (κ1) is 15.8. The van der Waals surface area contributed by atoms with Crippen molar-refractivity contribution in [2.45, 2.75) is 12.1 Å². The van der Waals surface area contributed by atoms with Crippen LogP contribution >= 0.6 is 15.9 Å². The number of pyridine rings is 1. The zero-order chi connectivity index (χ0) is 15.6. The molecule has 3 rings (SSSR count). The first-order valence-electron chi connectivity index (χ1n) is 5.92. The minimum Gasteiger partial charge on any atom is -0.475 e. The molecule has 0 aliphatic carbocycles.